The van der Waals surface area contributed by atoms with Gasteiger partial charge in [0.15, 0.2) is 0 Å². The van der Waals surface area contributed by atoms with Crippen LogP contribution in [0.2, 0.25) is 5.02 Å². The second kappa shape index (κ2) is 6.23. The van der Waals surface area contributed by atoms with Crippen LogP contribution < -0.4 is 0 Å². The van der Waals surface area contributed by atoms with Gasteiger partial charge in [0.05, 0.1) is 28.5 Å². The third kappa shape index (κ3) is 2.96. The fourth-order valence-electron chi connectivity index (χ4n) is 2.68. The lowest BCUT2D eigenvalue weighted by Crippen LogP contribution is -2.05. The van der Waals surface area contributed by atoms with Crippen molar-refractivity contribution in [3.8, 4) is 17.2 Å². The summed E-state index contributed by atoms with van der Waals surface area (Å²) >= 11 is 6.16. The van der Waals surface area contributed by atoms with Crippen LogP contribution in [0, 0.1) is 25.2 Å². The Hall–Kier alpha value is -2.64. The molecule has 0 aliphatic rings. The first-order valence-electron chi connectivity index (χ1n) is 7.24. The first-order chi connectivity index (χ1) is 11.1. The lowest BCUT2D eigenvalue weighted by molar-refractivity contribution is 0.647. The first kappa shape index (κ1) is 15.3. The molecular formula is C18H15ClN4. The maximum absolute atomic E-state index is 9.00. The Kier molecular flexibility index (Phi) is 4.14. The Morgan fingerprint density at radius 1 is 1.22 bits per heavy atom. The van der Waals surface area contributed by atoms with E-state index in [1.165, 1.54) is 0 Å². The molecule has 0 spiro atoms. The van der Waals surface area contributed by atoms with Crippen molar-refractivity contribution in [2.24, 2.45) is 0 Å². The SMILES string of the molecule is Cc1nn(Cc2ccccn2)c(C)c1-c1ccc(C#N)c(Cl)c1. The number of hydrogen-bond acceptors (Lipinski definition) is 3. The molecule has 0 saturated heterocycles. The van der Waals surface area contributed by atoms with Crippen molar-refractivity contribution in [3.63, 3.8) is 0 Å². The highest BCUT2D eigenvalue weighted by Crippen LogP contribution is 2.30. The number of hydrogen-bond donors (Lipinski definition) is 0. The Morgan fingerprint density at radius 2 is 2.04 bits per heavy atom. The molecule has 0 N–H and O–H groups in total. The van der Waals surface area contributed by atoms with Gasteiger partial charge in [-0.3, -0.25) is 9.67 Å². The van der Waals surface area contributed by atoms with E-state index < -0.39 is 0 Å². The van der Waals surface area contributed by atoms with Crippen molar-refractivity contribution in [2.75, 3.05) is 0 Å². The monoisotopic (exact) mass is 322 g/mol. The van der Waals surface area contributed by atoms with Gasteiger partial charge in [0, 0.05) is 17.5 Å². The molecule has 5 heteroatoms. The smallest absolute Gasteiger partial charge is 0.101 e. The molecule has 0 radical (unpaired) electrons. The van der Waals surface area contributed by atoms with Gasteiger partial charge in [-0.1, -0.05) is 23.7 Å². The van der Waals surface area contributed by atoms with Crippen LogP contribution in [0.1, 0.15) is 22.6 Å². The average molecular weight is 323 g/mol. The summed E-state index contributed by atoms with van der Waals surface area (Å²) < 4.78 is 1.94. The van der Waals surface area contributed by atoms with Gasteiger partial charge in [-0.05, 0) is 43.7 Å². The third-order valence-corrected chi connectivity index (χ3v) is 4.11. The second-order valence-corrected chi connectivity index (χ2v) is 5.74. The zero-order valence-corrected chi connectivity index (χ0v) is 13.7. The topological polar surface area (TPSA) is 54.5 Å². The number of halogens is 1. The Bertz CT molecular complexity index is 891. The zero-order chi connectivity index (χ0) is 16.4. The predicted molar refractivity (Wildman–Crippen MR) is 90.2 cm³/mol. The van der Waals surface area contributed by atoms with E-state index in [0.717, 1.165) is 28.2 Å². The van der Waals surface area contributed by atoms with Gasteiger partial charge in [-0.2, -0.15) is 10.4 Å². The molecule has 0 amide bonds. The normalized spacial score (nSPS) is 10.5. The Morgan fingerprint density at radius 3 is 2.70 bits per heavy atom. The van der Waals surface area contributed by atoms with Gasteiger partial charge >= 0.3 is 0 Å². The van der Waals surface area contributed by atoms with Gasteiger partial charge in [-0.25, -0.2) is 0 Å². The van der Waals surface area contributed by atoms with E-state index in [-0.39, 0.29) is 0 Å². The summed E-state index contributed by atoms with van der Waals surface area (Å²) in [5, 5.41) is 14.1. The number of nitrogens with zero attached hydrogens (tertiary/aromatic N) is 4. The first-order valence-corrected chi connectivity index (χ1v) is 7.62. The molecule has 2 heterocycles. The van der Waals surface area contributed by atoms with Crippen LogP contribution in [-0.4, -0.2) is 14.8 Å². The molecule has 0 unspecified atom stereocenters. The van der Waals surface area contributed by atoms with Gasteiger partial charge in [-0.15, -0.1) is 0 Å². The zero-order valence-electron chi connectivity index (χ0n) is 12.9. The van der Waals surface area contributed by atoms with Crippen LogP contribution in [0.15, 0.2) is 42.6 Å². The molecular weight excluding hydrogens is 308 g/mol. The lowest BCUT2D eigenvalue weighted by atomic mass is 10.0. The minimum Gasteiger partial charge on any atom is -0.263 e. The van der Waals surface area contributed by atoms with Crippen molar-refractivity contribution in [1.29, 1.82) is 5.26 Å². The van der Waals surface area contributed by atoms with Crippen LogP contribution in [0.25, 0.3) is 11.1 Å². The van der Waals surface area contributed by atoms with E-state index in [1.807, 2.05) is 48.9 Å². The summed E-state index contributed by atoms with van der Waals surface area (Å²) in [5.41, 5.74) is 5.44. The summed E-state index contributed by atoms with van der Waals surface area (Å²) in [6.07, 6.45) is 1.78. The third-order valence-electron chi connectivity index (χ3n) is 3.80. The van der Waals surface area contributed by atoms with E-state index in [9.17, 15) is 0 Å². The van der Waals surface area contributed by atoms with E-state index in [4.69, 9.17) is 16.9 Å². The molecule has 114 valence electrons. The summed E-state index contributed by atoms with van der Waals surface area (Å²) in [6.45, 7) is 4.63. The number of nitriles is 1. The van der Waals surface area contributed by atoms with Crippen molar-refractivity contribution in [1.82, 2.24) is 14.8 Å². The van der Waals surface area contributed by atoms with Crippen LogP contribution in [0.3, 0.4) is 0 Å². The largest absolute Gasteiger partial charge is 0.263 e. The van der Waals surface area contributed by atoms with E-state index in [0.29, 0.717) is 17.1 Å². The Balaban J connectivity index is 2.01. The standard InChI is InChI=1S/C18H15ClN4/c1-12-18(14-6-7-15(10-20)17(19)9-14)13(2)23(22-12)11-16-5-3-4-8-21-16/h3-9H,11H2,1-2H3. The lowest BCUT2D eigenvalue weighted by Gasteiger charge is -2.06. The van der Waals surface area contributed by atoms with Crippen LogP contribution in [0.4, 0.5) is 0 Å². The van der Waals surface area contributed by atoms with Crippen LogP contribution >= 0.6 is 11.6 Å². The molecule has 0 aliphatic carbocycles. The number of benzene rings is 1. The minimum atomic E-state index is 0.460. The van der Waals surface area contributed by atoms with Crippen molar-refractivity contribution < 1.29 is 0 Å². The molecule has 2 aromatic heterocycles. The molecule has 0 atom stereocenters. The maximum atomic E-state index is 9.00. The number of aryl methyl sites for hydroxylation is 1. The minimum absolute atomic E-state index is 0.460. The number of pyridine rings is 1. The van der Waals surface area contributed by atoms with E-state index >= 15 is 0 Å². The van der Waals surface area contributed by atoms with Gasteiger partial charge in [0.2, 0.25) is 0 Å². The number of aromatic nitrogens is 3. The summed E-state index contributed by atoms with van der Waals surface area (Å²) in [6, 6.07) is 13.4. The highest BCUT2D eigenvalue weighted by atomic mass is 35.5. The molecule has 0 saturated carbocycles. The molecule has 4 nitrogen and oxygen atoms in total. The molecule has 3 aromatic rings. The predicted octanol–water partition coefficient (Wildman–Crippen LogP) is 4.14. The second-order valence-electron chi connectivity index (χ2n) is 5.33. The molecule has 0 aliphatic heterocycles. The van der Waals surface area contributed by atoms with Crippen molar-refractivity contribution in [3.05, 3.63) is 70.3 Å². The molecule has 3 rings (SSSR count). The van der Waals surface area contributed by atoms with Gasteiger partial charge in [0.1, 0.15) is 6.07 Å². The maximum Gasteiger partial charge on any atom is 0.101 e. The highest BCUT2D eigenvalue weighted by molar-refractivity contribution is 6.32. The van der Waals surface area contributed by atoms with Crippen molar-refractivity contribution in [2.45, 2.75) is 20.4 Å². The van der Waals surface area contributed by atoms with E-state index in [1.54, 1.807) is 12.3 Å². The molecule has 0 bridgehead atoms. The molecule has 23 heavy (non-hydrogen) atoms. The quantitative estimate of drug-likeness (QED) is 0.728. The fourth-order valence-corrected chi connectivity index (χ4v) is 2.90. The highest BCUT2D eigenvalue weighted by Gasteiger charge is 2.15. The van der Waals surface area contributed by atoms with Gasteiger partial charge < -0.3 is 0 Å². The van der Waals surface area contributed by atoms with Crippen LogP contribution in [0.5, 0.6) is 0 Å². The molecule has 1 aromatic carbocycles. The summed E-state index contributed by atoms with van der Waals surface area (Å²) in [4.78, 5) is 4.35. The Labute approximate surface area is 140 Å². The van der Waals surface area contributed by atoms with Crippen molar-refractivity contribution >= 4 is 11.6 Å². The fraction of sp³-hybridized carbons (Fsp3) is 0.167. The average Bonchev–Trinajstić information content (AvgIpc) is 2.82. The van der Waals surface area contributed by atoms with Gasteiger partial charge in [0.25, 0.3) is 0 Å². The molecule has 0 fully saturated rings. The number of rotatable bonds is 3. The van der Waals surface area contributed by atoms with E-state index in [2.05, 4.69) is 16.2 Å². The summed E-state index contributed by atoms with van der Waals surface area (Å²) in [5.74, 6) is 0. The van der Waals surface area contributed by atoms with Crippen LogP contribution in [-0.2, 0) is 6.54 Å². The summed E-state index contributed by atoms with van der Waals surface area (Å²) in [7, 11) is 0.